The van der Waals surface area contributed by atoms with Gasteiger partial charge in [0.15, 0.2) is 5.82 Å². The van der Waals surface area contributed by atoms with E-state index in [1.54, 1.807) is 7.11 Å². The van der Waals surface area contributed by atoms with E-state index in [1.807, 2.05) is 23.4 Å². The Morgan fingerprint density at radius 2 is 2.11 bits per heavy atom. The average molecular weight is 381 g/mol. The zero-order valence-electron chi connectivity index (χ0n) is 16.6. The maximum absolute atomic E-state index is 12.7. The summed E-state index contributed by atoms with van der Waals surface area (Å²) >= 11 is 0. The van der Waals surface area contributed by atoms with E-state index in [-0.39, 0.29) is 12.1 Å². The second kappa shape index (κ2) is 8.94. The van der Waals surface area contributed by atoms with Gasteiger partial charge < -0.3 is 19.7 Å². The van der Waals surface area contributed by atoms with Crippen LogP contribution in [-0.2, 0) is 21.6 Å². The van der Waals surface area contributed by atoms with Gasteiger partial charge in [-0.3, -0.25) is 4.90 Å². The Bertz CT molecular complexity index is 617. The van der Waals surface area contributed by atoms with Gasteiger partial charge in [0.1, 0.15) is 5.54 Å². The van der Waals surface area contributed by atoms with Crippen LogP contribution in [0.4, 0.5) is 4.79 Å². The minimum atomic E-state index is -0.409. The first-order chi connectivity index (χ1) is 13.1. The number of hydrogen-bond donors (Lipinski definition) is 1. The number of likely N-dealkylation sites (tertiary alicyclic amines) is 1. The summed E-state index contributed by atoms with van der Waals surface area (Å²) in [5.74, 6) is 0.809. The number of nitrogens with zero attached hydrogens (tertiary/aromatic N) is 6. The normalized spacial score (nSPS) is 24.4. The van der Waals surface area contributed by atoms with Crippen LogP contribution in [0.2, 0.25) is 0 Å². The standard InChI is InChI=1S/C17H31N7O3/c1-14(2)18-16(25)22-6-4-5-17(13-22,23-7-11-27-12-8-23)15-19-20-21-24(15)9-10-26-3/h14H,4-13H2,1-3H3,(H,18,25). The fourth-order valence-electron chi connectivity index (χ4n) is 3.99. The van der Waals surface area contributed by atoms with Gasteiger partial charge in [-0.25, -0.2) is 9.48 Å². The zero-order chi connectivity index (χ0) is 19.3. The van der Waals surface area contributed by atoms with Gasteiger partial charge in [-0.2, -0.15) is 0 Å². The molecule has 1 atom stereocenters. The van der Waals surface area contributed by atoms with Crippen molar-refractivity contribution in [1.82, 2.24) is 35.3 Å². The summed E-state index contributed by atoms with van der Waals surface area (Å²) in [6.07, 6.45) is 1.81. The third-order valence-corrected chi connectivity index (χ3v) is 5.24. The van der Waals surface area contributed by atoms with Crippen molar-refractivity contribution in [3.63, 3.8) is 0 Å². The topological polar surface area (TPSA) is 97.6 Å². The van der Waals surface area contributed by atoms with Gasteiger partial charge in [0, 0.05) is 39.3 Å². The van der Waals surface area contributed by atoms with Crippen LogP contribution >= 0.6 is 0 Å². The Morgan fingerprint density at radius 1 is 1.33 bits per heavy atom. The predicted molar refractivity (Wildman–Crippen MR) is 98.2 cm³/mol. The Morgan fingerprint density at radius 3 is 2.81 bits per heavy atom. The van der Waals surface area contributed by atoms with E-state index in [9.17, 15) is 4.79 Å². The number of piperidine rings is 1. The molecule has 2 fully saturated rings. The number of carbonyl (C=O) groups excluding carboxylic acids is 1. The molecule has 0 radical (unpaired) electrons. The summed E-state index contributed by atoms with van der Waals surface area (Å²) in [7, 11) is 1.67. The van der Waals surface area contributed by atoms with Crippen LogP contribution < -0.4 is 5.32 Å². The highest BCUT2D eigenvalue weighted by Crippen LogP contribution is 2.37. The molecule has 0 saturated carbocycles. The van der Waals surface area contributed by atoms with Crippen molar-refractivity contribution in [3.05, 3.63) is 5.82 Å². The molecule has 2 aliphatic rings. The number of carbonyl (C=O) groups is 1. The largest absolute Gasteiger partial charge is 0.383 e. The van der Waals surface area contributed by atoms with Crippen molar-refractivity contribution >= 4 is 6.03 Å². The predicted octanol–water partition coefficient (Wildman–Crippen LogP) is 0.0608. The molecule has 1 N–H and O–H groups in total. The quantitative estimate of drug-likeness (QED) is 0.744. The molecular formula is C17H31N7O3. The molecule has 0 aromatic carbocycles. The number of methoxy groups -OCH3 is 1. The Labute approximate surface area is 160 Å². The molecule has 2 saturated heterocycles. The molecule has 3 rings (SSSR count). The smallest absolute Gasteiger partial charge is 0.317 e. The number of nitrogens with one attached hydrogen (secondary N) is 1. The zero-order valence-corrected chi connectivity index (χ0v) is 16.6. The van der Waals surface area contributed by atoms with Crippen LogP contribution in [0.3, 0.4) is 0 Å². The van der Waals surface area contributed by atoms with Gasteiger partial charge >= 0.3 is 6.03 Å². The Kier molecular flexibility index (Phi) is 6.61. The highest BCUT2D eigenvalue weighted by Gasteiger charge is 2.47. The Balaban J connectivity index is 1.91. The maximum atomic E-state index is 12.7. The minimum Gasteiger partial charge on any atom is -0.383 e. The molecule has 1 aromatic rings. The Hall–Kier alpha value is -1.78. The summed E-state index contributed by atoms with van der Waals surface area (Å²) in [5, 5.41) is 15.5. The van der Waals surface area contributed by atoms with Gasteiger partial charge in [0.05, 0.1) is 26.4 Å². The fourth-order valence-corrected chi connectivity index (χ4v) is 3.99. The highest BCUT2D eigenvalue weighted by molar-refractivity contribution is 5.74. The van der Waals surface area contributed by atoms with Crippen molar-refractivity contribution < 1.29 is 14.3 Å². The van der Waals surface area contributed by atoms with E-state index in [4.69, 9.17) is 9.47 Å². The van der Waals surface area contributed by atoms with Gasteiger partial charge in [-0.15, -0.1) is 5.10 Å². The summed E-state index contributed by atoms with van der Waals surface area (Å²) in [6.45, 7) is 9.35. The first-order valence-electron chi connectivity index (χ1n) is 9.70. The van der Waals surface area contributed by atoms with Crippen LogP contribution in [-0.4, -0.2) is 95.2 Å². The molecule has 2 amide bonds. The van der Waals surface area contributed by atoms with Crippen LogP contribution in [0.25, 0.3) is 0 Å². The van der Waals surface area contributed by atoms with E-state index in [1.165, 1.54) is 0 Å². The number of amides is 2. The molecule has 0 aliphatic carbocycles. The number of rotatable bonds is 6. The molecular weight excluding hydrogens is 350 g/mol. The first-order valence-corrected chi connectivity index (χ1v) is 9.70. The molecule has 10 nitrogen and oxygen atoms in total. The molecule has 10 heteroatoms. The van der Waals surface area contributed by atoms with Crippen molar-refractivity contribution in [2.75, 3.05) is 53.1 Å². The van der Waals surface area contributed by atoms with E-state index < -0.39 is 5.54 Å². The highest BCUT2D eigenvalue weighted by atomic mass is 16.5. The SMILES string of the molecule is COCCn1nnnc1C1(N2CCOCC2)CCCN(C(=O)NC(C)C)C1. The van der Waals surface area contributed by atoms with Gasteiger partial charge in [0.2, 0.25) is 0 Å². The van der Waals surface area contributed by atoms with Crippen molar-refractivity contribution in [2.24, 2.45) is 0 Å². The molecule has 1 aromatic heterocycles. The summed E-state index contributed by atoms with van der Waals surface area (Å²) in [4.78, 5) is 17.0. The van der Waals surface area contributed by atoms with Gasteiger partial charge in [-0.1, -0.05) is 0 Å². The number of urea groups is 1. The van der Waals surface area contributed by atoms with E-state index in [0.29, 0.717) is 32.9 Å². The lowest BCUT2D eigenvalue weighted by Crippen LogP contribution is -2.62. The number of morpholine rings is 1. The van der Waals surface area contributed by atoms with Crippen LogP contribution in [0.1, 0.15) is 32.5 Å². The summed E-state index contributed by atoms with van der Waals surface area (Å²) < 4.78 is 12.6. The van der Waals surface area contributed by atoms with Crippen LogP contribution in [0.5, 0.6) is 0 Å². The third-order valence-electron chi connectivity index (χ3n) is 5.24. The van der Waals surface area contributed by atoms with E-state index >= 15 is 0 Å². The minimum absolute atomic E-state index is 0.0294. The van der Waals surface area contributed by atoms with E-state index in [0.717, 1.165) is 38.3 Å². The number of ether oxygens (including phenoxy) is 2. The van der Waals surface area contributed by atoms with Crippen molar-refractivity contribution in [1.29, 1.82) is 0 Å². The maximum Gasteiger partial charge on any atom is 0.317 e. The monoisotopic (exact) mass is 381 g/mol. The molecule has 1 unspecified atom stereocenters. The molecule has 27 heavy (non-hydrogen) atoms. The summed E-state index contributed by atoms with van der Waals surface area (Å²) in [6, 6.07) is 0.0717. The van der Waals surface area contributed by atoms with Crippen LogP contribution in [0, 0.1) is 0 Å². The average Bonchev–Trinajstić information content (AvgIpc) is 3.15. The molecule has 3 heterocycles. The summed E-state index contributed by atoms with van der Waals surface area (Å²) in [5.41, 5.74) is -0.409. The third kappa shape index (κ3) is 4.39. The van der Waals surface area contributed by atoms with Gasteiger partial charge in [-0.05, 0) is 37.1 Å². The van der Waals surface area contributed by atoms with Crippen molar-refractivity contribution in [3.8, 4) is 0 Å². The number of tetrazole rings is 1. The second-order valence-corrected chi connectivity index (χ2v) is 7.48. The van der Waals surface area contributed by atoms with Crippen LogP contribution in [0.15, 0.2) is 0 Å². The number of hydrogen-bond acceptors (Lipinski definition) is 7. The van der Waals surface area contributed by atoms with E-state index in [2.05, 4.69) is 25.7 Å². The van der Waals surface area contributed by atoms with Gasteiger partial charge in [0.25, 0.3) is 0 Å². The van der Waals surface area contributed by atoms with Crippen molar-refractivity contribution in [2.45, 2.75) is 44.8 Å². The fraction of sp³-hybridized carbons (Fsp3) is 0.882. The lowest BCUT2D eigenvalue weighted by molar-refractivity contribution is -0.0554. The molecule has 152 valence electrons. The molecule has 0 spiro atoms. The molecule has 2 aliphatic heterocycles. The number of aromatic nitrogens is 4. The molecule has 0 bridgehead atoms. The lowest BCUT2D eigenvalue weighted by Gasteiger charge is -2.49. The lowest BCUT2D eigenvalue weighted by atomic mass is 9.85. The second-order valence-electron chi connectivity index (χ2n) is 7.48. The first kappa shape index (κ1) is 20.0.